The Balaban J connectivity index is 2.51. The van der Waals surface area contributed by atoms with Gasteiger partial charge in [-0.2, -0.15) is 0 Å². The fourth-order valence-corrected chi connectivity index (χ4v) is 1.64. The number of hydrogen-bond donors (Lipinski definition) is 2. The highest BCUT2D eigenvalue weighted by molar-refractivity contribution is 5.83. The topological polar surface area (TPSA) is 142 Å². The second-order valence-corrected chi connectivity index (χ2v) is 4.43. The number of hydrogen-bond acceptors (Lipinski definition) is 7. The number of carboxylic acids is 1. The molecule has 3 N–H and O–H groups in total. The molecule has 1 aromatic rings. The Bertz CT molecular complexity index is 547. The van der Waals surface area contributed by atoms with Crippen molar-refractivity contribution in [3.63, 3.8) is 0 Å². The van der Waals surface area contributed by atoms with E-state index in [0.29, 0.717) is 12.8 Å². The van der Waals surface area contributed by atoms with Crippen molar-refractivity contribution < 1.29 is 29.4 Å². The molecule has 22 heavy (non-hydrogen) atoms. The first kappa shape index (κ1) is 17.4. The van der Waals surface area contributed by atoms with Gasteiger partial charge >= 0.3 is 11.9 Å². The minimum Gasteiger partial charge on any atom is -0.481 e. The number of nitrogens with zero attached hydrogens (tertiary/aromatic N) is 1. The minimum absolute atomic E-state index is 0.0273. The van der Waals surface area contributed by atoms with Crippen molar-refractivity contribution in [1.29, 1.82) is 0 Å². The zero-order valence-electron chi connectivity index (χ0n) is 11.6. The van der Waals surface area contributed by atoms with E-state index in [1.165, 1.54) is 6.07 Å². The smallest absolute Gasteiger partial charge is 0.328 e. The number of benzene rings is 1. The molecule has 0 spiro atoms. The molecule has 0 saturated heterocycles. The molecular weight excluding hydrogens is 296 g/mol. The molecular formula is C13H16N2O7. The first-order valence-corrected chi connectivity index (χ1v) is 6.44. The first-order chi connectivity index (χ1) is 10.4. The van der Waals surface area contributed by atoms with Crippen LogP contribution in [0.1, 0.15) is 18.4 Å². The third kappa shape index (κ3) is 6.66. The molecule has 0 heterocycles. The van der Waals surface area contributed by atoms with Gasteiger partial charge in [-0.15, -0.1) is 10.1 Å². The number of esters is 1. The number of rotatable bonds is 9. The molecule has 1 unspecified atom stereocenters. The Labute approximate surface area is 125 Å². The Morgan fingerprint density at radius 3 is 2.77 bits per heavy atom. The highest BCUT2D eigenvalue weighted by Gasteiger charge is 2.19. The normalized spacial score (nSPS) is 11.5. The van der Waals surface area contributed by atoms with E-state index in [1.807, 2.05) is 0 Å². The number of ether oxygens (including phenoxy) is 1. The third-order valence-electron chi connectivity index (χ3n) is 2.62. The Kier molecular flexibility index (Phi) is 6.77. The van der Waals surface area contributed by atoms with Crippen LogP contribution in [0, 0.1) is 10.1 Å². The zero-order chi connectivity index (χ0) is 16.5. The summed E-state index contributed by atoms with van der Waals surface area (Å²) in [6, 6.07) is 5.28. The van der Waals surface area contributed by atoms with Gasteiger partial charge in [0.05, 0.1) is 13.0 Å². The van der Waals surface area contributed by atoms with Crippen LogP contribution in [0.15, 0.2) is 24.3 Å². The maximum atomic E-state index is 11.6. The molecule has 0 aliphatic heterocycles. The monoisotopic (exact) mass is 312 g/mol. The van der Waals surface area contributed by atoms with E-state index < -0.39 is 29.5 Å². The molecule has 120 valence electrons. The van der Waals surface area contributed by atoms with Gasteiger partial charge in [-0.25, -0.2) is 4.79 Å². The largest absolute Gasteiger partial charge is 0.481 e. The van der Waals surface area contributed by atoms with Crippen LogP contribution in [0.5, 0.6) is 5.75 Å². The SMILES string of the molecule is NC(CC(=O)O)C(=O)Oc1cccc(CCCO[N+](=O)[O-])c1. The molecule has 9 heteroatoms. The molecule has 1 aromatic carbocycles. The molecule has 0 bridgehead atoms. The summed E-state index contributed by atoms with van der Waals surface area (Å²) in [5.41, 5.74) is 6.19. The van der Waals surface area contributed by atoms with E-state index in [2.05, 4.69) is 4.84 Å². The van der Waals surface area contributed by atoms with E-state index >= 15 is 0 Å². The van der Waals surface area contributed by atoms with Crippen LogP contribution in [-0.4, -0.2) is 34.8 Å². The number of nitrogens with two attached hydrogens (primary N) is 1. The molecule has 0 amide bonds. The number of carboxylic acid groups (broad SMARTS) is 1. The number of aryl methyl sites for hydroxylation is 1. The van der Waals surface area contributed by atoms with Crippen molar-refractivity contribution in [2.75, 3.05) is 6.61 Å². The van der Waals surface area contributed by atoms with Gasteiger partial charge in [0, 0.05) is 0 Å². The molecule has 1 atom stereocenters. The quantitative estimate of drug-likeness (QED) is 0.221. The summed E-state index contributed by atoms with van der Waals surface area (Å²) >= 11 is 0. The predicted octanol–water partition coefficient (Wildman–Crippen LogP) is 0.535. The van der Waals surface area contributed by atoms with Crippen LogP contribution >= 0.6 is 0 Å². The van der Waals surface area contributed by atoms with Gasteiger partial charge < -0.3 is 20.4 Å². The van der Waals surface area contributed by atoms with E-state index in [9.17, 15) is 19.7 Å². The summed E-state index contributed by atoms with van der Waals surface area (Å²) < 4.78 is 5.00. The van der Waals surface area contributed by atoms with Crippen LogP contribution < -0.4 is 10.5 Å². The summed E-state index contributed by atoms with van der Waals surface area (Å²) in [6.07, 6.45) is 0.411. The van der Waals surface area contributed by atoms with Gasteiger partial charge in [-0.05, 0) is 30.5 Å². The average Bonchev–Trinajstić information content (AvgIpc) is 2.43. The average molecular weight is 312 g/mol. The minimum atomic E-state index is -1.24. The van der Waals surface area contributed by atoms with Crippen molar-refractivity contribution in [2.45, 2.75) is 25.3 Å². The summed E-state index contributed by atoms with van der Waals surface area (Å²) in [5, 5.41) is 17.7. The van der Waals surface area contributed by atoms with Gasteiger partial charge in [-0.3, -0.25) is 4.79 Å². The molecule has 0 fully saturated rings. The summed E-state index contributed by atoms with van der Waals surface area (Å²) in [6.45, 7) is -0.0273. The molecule has 0 aliphatic rings. The highest BCUT2D eigenvalue weighted by atomic mass is 16.9. The lowest BCUT2D eigenvalue weighted by atomic mass is 10.1. The lowest BCUT2D eigenvalue weighted by Gasteiger charge is -2.10. The molecule has 0 saturated carbocycles. The first-order valence-electron chi connectivity index (χ1n) is 6.44. The lowest BCUT2D eigenvalue weighted by molar-refractivity contribution is -0.757. The highest BCUT2D eigenvalue weighted by Crippen LogP contribution is 2.15. The lowest BCUT2D eigenvalue weighted by Crippen LogP contribution is -2.36. The fraction of sp³-hybridized carbons (Fsp3) is 0.385. The second-order valence-electron chi connectivity index (χ2n) is 4.43. The summed E-state index contributed by atoms with van der Waals surface area (Å²) in [7, 11) is 0. The van der Waals surface area contributed by atoms with E-state index in [0.717, 1.165) is 5.56 Å². The van der Waals surface area contributed by atoms with Gasteiger partial charge in [-0.1, -0.05) is 12.1 Å². The van der Waals surface area contributed by atoms with E-state index in [1.54, 1.807) is 18.2 Å². The summed E-state index contributed by atoms with van der Waals surface area (Å²) in [4.78, 5) is 36.2. The Morgan fingerprint density at radius 2 is 2.14 bits per heavy atom. The van der Waals surface area contributed by atoms with Crippen molar-refractivity contribution in [3.05, 3.63) is 39.9 Å². The molecule has 9 nitrogen and oxygen atoms in total. The zero-order valence-corrected chi connectivity index (χ0v) is 11.6. The maximum Gasteiger partial charge on any atom is 0.328 e. The van der Waals surface area contributed by atoms with Crippen molar-refractivity contribution in [1.82, 2.24) is 0 Å². The fourth-order valence-electron chi connectivity index (χ4n) is 1.64. The van der Waals surface area contributed by atoms with Gasteiger partial charge in [0.2, 0.25) is 0 Å². The number of carbonyl (C=O) groups excluding carboxylic acids is 1. The Morgan fingerprint density at radius 1 is 1.41 bits per heavy atom. The Hall–Kier alpha value is -2.68. The predicted molar refractivity (Wildman–Crippen MR) is 73.6 cm³/mol. The molecule has 0 radical (unpaired) electrons. The van der Waals surface area contributed by atoms with Gasteiger partial charge in [0.1, 0.15) is 11.8 Å². The standard InChI is InChI=1S/C13H16N2O7/c14-11(8-12(16)17)13(18)22-10-5-1-3-9(7-10)4-2-6-21-15(19)20/h1,3,5,7,11H,2,4,6,8,14H2,(H,16,17). The summed E-state index contributed by atoms with van der Waals surface area (Å²) in [5.74, 6) is -1.79. The molecule has 0 aromatic heterocycles. The molecule has 0 aliphatic carbocycles. The number of aliphatic carboxylic acids is 1. The second kappa shape index (κ2) is 8.57. The maximum absolute atomic E-state index is 11.6. The van der Waals surface area contributed by atoms with Gasteiger partial charge in [0.15, 0.2) is 0 Å². The third-order valence-corrected chi connectivity index (χ3v) is 2.62. The van der Waals surface area contributed by atoms with Crippen molar-refractivity contribution >= 4 is 11.9 Å². The van der Waals surface area contributed by atoms with E-state index in [-0.39, 0.29) is 12.4 Å². The molecule has 1 rings (SSSR count). The van der Waals surface area contributed by atoms with E-state index in [4.69, 9.17) is 15.6 Å². The van der Waals surface area contributed by atoms with Crippen LogP contribution in [0.2, 0.25) is 0 Å². The van der Waals surface area contributed by atoms with Crippen molar-refractivity contribution in [3.8, 4) is 5.75 Å². The van der Waals surface area contributed by atoms with Gasteiger partial charge in [0.25, 0.3) is 5.09 Å². The number of carbonyl (C=O) groups is 2. The van der Waals surface area contributed by atoms with Crippen LogP contribution in [-0.2, 0) is 20.8 Å². The van der Waals surface area contributed by atoms with Crippen LogP contribution in [0.25, 0.3) is 0 Å². The van der Waals surface area contributed by atoms with Crippen molar-refractivity contribution in [2.24, 2.45) is 5.73 Å². The van der Waals surface area contributed by atoms with Crippen LogP contribution in [0.4, 0.5) is 0 Å². The van der Waals surface area contributed by atoms with Crippen LogP contribution in [0.3, 0.4) is 0 Å².